The van der Waals surface area contributed by atoms with Gasteiger partial charge in [-0.2, -0.15) is 0 Å². The summed E-state index contributed by atoms with van der Waals surface area (Å²) in [6.45, 7) is 1.82. The molecule has 0 bridgehead atoms. The molecule has 0 saturated carbocycles. The number of carbonyl (C=O) groups is 2. The van der Waals surface area contributed by atoms with E-state index in [-0.39, 0.29) is 17.6 Å². The lowest BCUT2D eigenvalue weighted by Crippen LogP contribution is -2.44. The molecule has 8 nitrogen and oxygen atoms in total. The molecule has 1 atom stereocenters. The van der Waals surface area contributed by atoms with Crippen LogP contribution in [0.15, 0.2) is 36.4 Å². The summed E-state index contributed by atoms with van der Waals surface area (Å²) in [5, 5.41) is 4.71. The quantitative estimate of drug-likeness (QED) is 0.344. The van der Waals surface area contributed by atoms with Crippen molar-refractivity contribution >= 4 is 67.0 Å². The number of ketones is 1. The zero-order chi connectivity index (χ0) is 25.4. The molecule has 4 aromatic rings. The van der Waals surface area contributed by atoms with Gasteiger partial charge in [0.25, 0.3) is 0 Å². The van der Waals surface area contributed by atoms with Crippen molar-refractivity contribution in [1.82, 2.24) is 24.3 Å². The van der Waals surface area contributed by atoms with Crippen molar-refractivity contribution in [2.75, 3.05) is 39.0 Å². The van der Waals surface area contributed by atoms with Crippen molar-refractivity contribution in [2.24, 2.45) is 13.0 Å². The maximum absolute atomic E-state index is 13.1. The van der Waals surface area contributed by atoms with Gasteiger partial charge in [0.05, 0.1) is 27.8 Å². The number of thiazole rings is 1. The highest BCUT2D eigenvalue weighted by atomic mass is 35.5. The second-order valence-corrected chi connectivity index (χ2v) is 11.1. The van der Waals surface area contributed by atoms with E-state index in [1.54, 1.807) is 0 Å². The van der Waals surface area contributed by atoms with E-state index in [9.17, 15) is 9.59 Å². The average molecular weight is 525 g/mol. The first-order valence-electron chi connectivity index (χ1n) is 12.0. The second kappa shape index (κ2) is 10.2. The monoisotopic (exact) mass is 524 g/mol. The Morgan fingerprint density at radius 1 is 1.17 bits per heavy atom. The van der Waals surface area contributed by atoms with Crippen LogP contribution in [0.2, 0.25) is 5.02 Å². The molecular formula is C26H29ClN6O2S. The highest BCUT2D eigenvalue weighted by Gasteiger charge is 2.26. The normalized spacial score (nSPS) is 16.2. The van der Waals surface area contributed by atoms with Gasteiger partial charge in [-0.05, 0) is 69.3 Å². The van der Waals surface area contributed by atoms with Crippen LogP contribution in [0.25, 0.3) is 21.3 Å². The summed E-state index contributed by atoms with van der Waals surface area (Å²) >= 11 is 7.62. The third-order valence-corrected chi connectivity index (χ3v) is 7.74. The van der Waals surface area contributed by atoms with Crippen molar-refractivity contribution in [3.63, 3.8) is 0 Å². The minimum atomic E-state index is 0.0898. The summed E-state index contributed by atoms with van der Waals surface area (Å²) < 4.78 is 2.96. The predicted octanol–water partition coefficient (Wildman–Crippen LogP) is 4.95. The Kier molecular flexibility index (Phi) is 6.96. The van der Waals surface area contributed by atoms with Crippen LogP contribution in [0.5, 0.6) is 0 Å². The molecule has 1 fully saturated rings. The second-order valence-electron chi connectivity index (χ2n) is 9.67. The van der Waals surface area contributed by atoms with Crippen LogP contribution < -0.4 is 5.32 Å². The number of benzene rings is 2. The summed E-state index contributed by atoms with van der Waals surface area (Å²) in [7, 11) is 5.73. The number of anilines is 2. The predicted molar refractivity (Wildman–Crippen MR) is 145 cm³/mol. The van der Waals surface area contributed by atoms with Gasteiger partial charge in [-0.15, -0.1) is 0 Å². The van der Waals surface area contributed by atoms with E-state index in [1.807, 2.05) is 71.9 Å². The number of amides is 1. The number of nitrogens with zero attached hydrogens (tertiary/aromatic N) is 5. The van der Waals surface area contributed by atoms with Crippen LogP contribution in [-0.2, 0) is 11.8 Å². The highest BCUT2D eigenvalue weighted by Crippen LogP contribution is 2.31. The van der Waals surface area contributed by atoms with Gasteiger partial charge < -0.3 is 19.7 Å². The number of imidazole rings is 1. The van der Waals surface area contributed by atoms with E-state index < -0.39 is 0 Å². The number of likely N-dealkylation sites (N-methyl/N-ethyl adjacent to an activating group) is 1. The minimum Gasteiger partial charge on any atom is -0.341 e. The van der Waals surface area contributed by atoms with Gasteiger partial charge in [0.2, 0.25) is 11.9 Å². The third kappa shape index (κ3) is 5.23. The molecule has 2 aromatic carbocycles. The molecule has 3 heterocycles. The van der Waals surface area contributed by atoms with Gasteiger partial charge in [0.1, 0.15) is 0 Å². The van der Waals surface area contributed by atoms with Crippen LogP contribution in [0.4, 0.5) is 11.1 Å². The average Bonchev–Trinajstić information content (AvgIpc) is 3.38. The first-order valence-corrected chi connectivity index (χ1v) is 13.2. The lowest BCUT2D eigenvalue weighted by atomic mass is 9.90. The summed E-state index contributed by atoms with van der Waals surface area (Å²) in [5.41, 5.74) is 3.21. The van der Waals surface area contributed by atoms with Gasteiger partial charge in [-0.3, -0.25) is 9.59 Å². The van der Waals surface area contributed by atoms with Crippen LogP contribution in [0, 0.1) is 5.92 Å². The molecule has 1 amide bonds. The number of hydrogen-bond donors (Lipinski definition) is 1. The molecule has 10 heteroatoms. The minimum absolute atomic E-state index is 0.0898. The maximum Gasteiger partial charge on any atom is 0.236 e. The SMILES string of the molecule is CN(C)CC(=O)N1CCC[C@H](CC(=O)c2ccc3c(c2)nc(Nc2nc4ccc(Cl)cc4s2)n3C)C1. The Balaban J connectivity index is 1.29. The van der Waals surface area contributed by atoms with E-state index >= 15 is 0 Å². The number of nitrogens with one attached hydrogen (secondary N) is 1. The topological polar surface area (TPSA) is 83.4 Å². The maximum atomic E-state index is 13.1. The van der Waals surface area contributed by atoms with Gasteiger partial charge in [-0.25, -0.2) is 9.97 Å². The highest BCUT2D eigenvalue weighted by molar-refractivity contribution is 7.22. The first kappa shape index (κ1) is 24.7. The molecule has 1 aliphatic heterocycles. The summed E-state index contributed by atoms with van der Waals surface area (Å²) in [5.74, 6) is 1.05. The Morgan fingerprint density at radius 3 is 2.81 bits per heavy atom. The molecule has 0 unspecified atom stereocenters. The van der Waals surface area contributed by atoms with Gasteiger partial charge in [-0.1, -0.05) is 22.9 Å². The summed E-state index contributed by atoms with van der Waals surface area (Å²) in [6, 6.07) is 11.3. The van der Waals surface area contributed by atoms with Crippen LogP contribution >= 0.6 is 22.9 Å². The smallest absolute Gasteiger partial charge is 0.236 e. The lowest BCUT2D eigenvalue weighted by Gasteiger charge is -2.33. The molecule has 36 heavy (non-hydrogen) atoms. The molecule has 0 spiro atoms. The van der Waals surface area contributed by atoms with E-state index in [2.05, 4.69) is 10.3 Å². The number of piperidine rings is 1. The largest absolute Gasteiger partial charge is 0.341 e. The molecule has 0 radical (unpaired) electrons. The Labute approximate surface area is 218 Å². The van der Waals surface area contributed by atoms with E-state index in [4.69, 9.17) is 16.6 Å². The van der Waals surface area contributed by atoms with Crippen molar-refractivity contribution in [3.05, 3.63) is 47.0 Å². The Hall–Kier alpha value is -3.01. The number of Topliss-reactive ketones (excluding diaryl/α,β-unsaturated/α-hetero) is 1. The van der Waals surface area contributed by atoms with Crippen molar-refractivity contribution in [1.29, 1.82) is 0 Å². The van der Waals surface area contributed by atoms with Crippen molar-refractivity contribution < 1.29 is 9.59 Å². The number of fused-ring (bicyclic) bond motifs is 2. The van der Waals surface area contributed by atoms with Crippen LogP contribution in [-0.4, -0.2) is 69.8 Å². The number of halogens is 1. The van der Waals surface area contributed by atoms with Crippen LogP contribution in [0.3, 0.4) is 0 Å². The van der Waals surface area contributed by atoms with Crippen LogP contribution in [0.1, 0.15) is 29.6 Å². The zero-order valence-electron chi connectivity index (χ0n) is 20.6. The molecular weight excluding hydrogens is 496 g/mol. The van der Waals surface area contributed by atoms with Gasteiger partial charge in [0.15, 0.2) is 10.9 Å². The number of likely N-dealkylation sites (tertiary alicyclic amines) is 1. The standard InChI is InChI=1S/C26H29ClN6O2S/c1-31(2)15-24(35)33-10-4-5-16(14-33)11-22(34)17-6-9-21-20(12-17)28-25(32(21)3)30-26-29-19-8-7-18(27)13-23(19)36-26/h6-9,12-13,16H,4-5,10-11,14-15H2,1-3H3,(H,28,29,30)/t16-/m1/s1. The summed E-state index contributed by atoms with van der Waals surface area (Å²) in [6.07, 6.45) is 2.33. The molecule has 1 saturated heterocycles. The van der Waals surface area contributed by atoms with E-state index in [1.165, 1.54) is 11.3 Å². The van der Waals surface area contributed by atoms with E-state index in [0.29, 0.717) is 36.0 Å². The third-order valence-electron chi connectivity index (χ3n) is 6.57. The fourth-order valence-electron chi connectivity index (χ4n) is 4.74. The zero-order valence-corrected chi connectivity index (χ0v) is 22.2. The molecule has 188 valence electrons. The van der Waals surface area contributed by atoms with E-state index in [0.717, 1.165) is 45.8 Å². The van der Waals surface area contributed by atoms with Crippen molar-refractivity contribution in [3.8, 4) is 0 Å². The number of carbonyl (C=O) groups excluding carboxylic acids is 2. The van der Waals surface area contributed by atoms with Crippen molar-refractivity contribution in [2.45, 2.75) is 19.3 Å². The Morgan fingerprint density at radius 2 is 2.00 bits per heavy atom. The number of aryl methyl sites for hydroxylation is 1. The molecule has 5 rings (SSSR count). The summed E-state index contributed by atoms with van der Waals surface area (Å²) in [4.78, 5) is 38.7. The number of rotatable bonds is 7. The molecule has 1 aliphatic rings. The lowest BCUT2D eigenvalue weighted by molar-refractivity contribution is -0.133. The van der Waals surface area contributed by atoms with Gasteiger partial charge in [0, 0.05) is 37.1 Å². The molecule has 1 N–H and O–H groups in total. The molecule has 2 aromatic heterocycles. The Bertz CT molecular complexity index is 1450. The number of hydrogen-bond acceptors (Lipinski definition) is 7. The fourth-order valence-corrected chi connectivity index (χ4v) is 5.88. The first-order chi connectivity index (χ1) is 17.3. The van der Waals surface area contributed by atoms with Gasteiger partial charge >= 0.3 is 0 Å². The molecule has 0 aliphatic carbocycles. The number of aromatic nitrogens is 3. The fraction of sp³-hybridized carbons (Fsp3) is 0.385.